The number of hydrogen-bond donors (Lipinski definition) is 1. The maximum absolute atomic E-state index is 11.2. The van der Waals surface area contributed by atoms with Gasteiger partial charge in [0.25, 0.3) is 0 Å². The summed E-state index contributed by atoms with van der Waals surface area (Å²) >= 11 is 0. The van der Waals surface area contributed by atoms with Crippen LogP contribution in [0.4, 0.5) is 0 Å². The van der Waals surface area contributed by atoms with Crippen molar-refractivity contribution in [1.29, 1.82) is 0 Å². The molecule has 1 aliphatic rings. The average Bonchev–Trinajstić information content (AvgIpc) is 2.46. The molecule has 0 aromatic heterocycles. The number of ether oxygens (including phenoxy) is 1. The second kappa shape index (κ2) is 7.62. The molecule has 106 valence electrons. The van der Waals surface area contributed by atoms with E-state index in [-0.39, 0.29) is 0 Å². The molecule has 2 N–H and O–H groups in total. The van der Waals surface area contributed by atoms with Crippen molar-refractivity contribution in [3.63, 3.8) is 0 Å². The van der Waals surface area contributed by atoms with Crippen molar-refractivity contribution in [2.75, 3.05) is 37.7 Å². The van der Waals surface area contributed by atoms with Crippen LogP contribution < -0.4 is 10.5 Å². The van der Waals surface area contributed by atoms with Gasteiger partial charge in [0.15, 0.2) is 0 Å². The van der Waals surface area contributed by atoms with E-state index in [2.05, 4.69) is 4.90 Å². The summed E-state index contributed by atoms with van der Waals surface area (Å²) in [7, 11) is -0.589. The van der Waals surface area contributed by atoms with Crippen LogP contribution in [-0.4, -0.2) is 46.9 Å². The van der Waals surface area contributed by atoms with Crippen molar-refractivity contribution in [3.8, 4) is 5.75 Å². The smallest absolute Gasteiger partial charge is 0.123 e. The summed E-state index contributed by atoms with van der Waals surface area (Å²) in [5.74, 6) is 2.53. The van der Waals surface area contributed by atoms with Gasteiger partial charge in [0.1, 0.15) is 5.75 Å². The van der Waals surface area contributed by atoms with Gasteiger partial charge < -0.3 is 15.4 Å². The van der Waals surface area contributed by atoms with Crippen molar-refractivity contribution >= 4 is 10.8 Å². The summed E-state index contributed by atoms with van der Waals surface area (Å²) in [6.07, 6.45) is 0.992. The Bertz CT molecular complexity index is 416. The van der Waals surface area contributed by atoms with Gasteiger partial charge in [0.2, 0.25) is 0 Å². The van der Waals surface area contributed by atoms with Crippen LogP contribution in [0.5, 0.6) is 5.75 Å². The number of para-hydroxylation sites is 1. The fraction of sp³-hybridized carbons (Fsp3) is 0.571. The zero-order valence-corrected chi connectivity index (χ0v) is 12.0. The summed E-state index contributed by atoms with van der Waals surface area (Å²) in [5.41, 5.74) is 6.72. The van der Waals surface area contributed by atoms with E-state index in [9.17, 15) is 4.21 Å². The lowest BCUT2D eigenvalue weighted by molar-refractivity contribution is 0.246. The van der Waals surface area contributed by atoms with E-state index in [1.54, 1.807) is 0 Å². The van der Waals surface area contributed by atoms with Crippen molar-refractivity contribution in [1.82, 2.24) is 4.90 Å². The third-order valence-electron chi connectivity index (χ3n) is 3.34. The van der Waals surface area contributed by atoms with Gasteiger partial charge in [0.05, 0.1) is 6.61 Å². The quantitative estimate of drug-likeness (QED) is 0.790. The second-order valence-corrected chi connectivity index (χ2v) is 6.40. The molecule has 0 atom stereocenters. The highest BCUT2D eigenvalue weighted by molar-refractivity contribution is 7.85. The van der Waals surface area contributed by atoms with Gasteiger partial charge in [-0.15, -0.1) is 0 Å². The minimum absolute atomic E-state index is 0.508. The Morgan fingerprint density at radius 1 is 1.26 bits per heavy atom. The molecular formula is C14H22N2O2S. The Labute approximate surface area is 117 Å². The molecule has 1 fully saturated rings. The monoisotopic (exact) mass is 282 g/mol. The maximum atomic E-state index is 11.2. The molecule has 19 heavy (non-hydrogen) atoms. The Balaban J connectivity index is 1.68. The van der Waals surface area contributed by atoms with Gasteiger partial charge in [-0.25, -0.2) is 0 Å². The largest absolute Gasteiger partial charge is 0.493 e. The van der Waals surface area contributed by atoms with Gasteiger partial charge in [-0.1, -0.05) is 18.2 Å². The van der Waals surface area contributed by atoms with Crippen LogP contribution in [0.25, 0.3) is 0 Å². The highest BCUT2D eigenvalue weighted by Crippen LogP contribution is 2.17. The fourth-order valence-electron chi connectivity index (χ4n) is 2.18. The molecule has 0 aliphatic carbocycles. The van der Waals surface area contributed by atoms with Gasteiger partial charge >= 0.3 is 0 Å². The fourth-order valence-corrected chi connectivity index (χ4v) is 3.31. The molecule has 4 nitrogen and oxygen atoms in total. The van der Waals surface area contributed by atoms with Crippen molar-refractivity contribution in [2.24, 2.45) is 5.73 Å². The molecule has 1 aromatic carbocycles. The predicted octanol–water partition coefficient (Wildman–Crippen LogP) is 0.978. The third-order valence-corrected chi connectivity index (χ3v) is 4.61. The van der Waals surface area contributed by atoms with E-state index in [0.29, 0.717) is 13.2 Å². The zero-order valence-electron chi connectivity index (χ0n) is 11.2. The molecular weight excluding hydrogens is 260 g/mol. The highest BCUT2D eigenvalue weighted by Gasteiger charge is 2.14. The number of nitrogens with zero attached hydrogens (tertiary/aromatic N) is 1. The SMILES string of the molecule is NCc1ccccc1OCCCN1CCS(=O)CC1. The second-order valence-electron chi connectivity index (χ2n) is 4.70. The van der Waals surface area contributed by atoms with Crippen LogP contribution in [0, 0.1) is 0 Å². The molecule has 0 unspecified atom stereocenters. The van der Waals surface area contributed by atoms with Crippen LogP contribution >= 0.6 is 0 Å². The Morgan fingerprint density at radius 2 is 2.00 bits per heavy atom. The lowest BCUT2D eigenvalue weighted by Gasteiger charge is -2.25. The Kier molecular flexibility index (Phi) is 5.82. The van der Waals surface area contributed by atoms with E-state index < -0.39 is 10.8 Å². The molecule has 1 aromatic rings. The summed E-state index contributed by atoms with van der Waals surface area (Å²) in [6, 6.07) is 7.90. The van der Waals surface area contributed by atoms with E-state index >= 15 is 0 Å². The minimum atomic E-state index is -0.589. The average molecular weight is 282 g/mol. The van der Waals surface area contributed by atoms with Gasteiger partial charge in [-0.3, -0.25) is 4.21 Å². The van der Waals surface area contributed by atoms with Gasteiger partial charge in [0, 0.05) is 54.0 Å². The van der Waals surface area contributed by atoms with E-state index in [4.69, 9.17) is 10.5 Å². The maximum Gasteiger partial charge on any atom is 0.123 e. The molecule has 2 rings (SSSR count). The number of benzene rings is 1. The molecule has 0 amide bonds. The van der Waals surface area contributed by atoms with Crippen molar-refractivity contribution < 1.29 is 8.95 Å². The van der Waals surface area contributed by atoms with Crippen LogP contribution in [0.2, 0.25) is 0 Å². The lowest BCUT2D eigenvalue weighted by atomic mass is 10.2. The summed E-state index contributed by atoms with van der Waals surface area (Å²) in [4.78, 5) is 2.36. The topological polar surface area (TPSA) is 55.6 Å². The first-order valence-electron chi connectivity index (χ1n) is 6.77. The minimum Gasteiger partial charge on any atom is -0.493 e. The van der Waals surface area contributed by atoms with E-state index in [1.165, 1.54) is 0 Å². The van der Waals surface area contributed by atoms with Gasteiger partial charge in [-0.05, 0) is 12.5 Å². The molecule has 0 spiro atoms. The standard InChI is InChI=1S/C14H22N2O2S/c15-12-13-4-1-2-5-14(13)18-9-3-6-16-7-10-19(17)11-8-16/h1-2,4-5H,3,6-12,15H2. The van der Waals surface area contributed by atoms with E-state index in [1.807, 2.05) is 24.3 Å². The Morgan fingerprint density at radius 3 is 2.74 bits per heavy atom. The molecule has 1 heterocycles. The summed E-state index contributed by atoms with van der Waals surface area (Å²) in [6.45, 7) is 4.13. The summed E-state index contributed by atoms with van der Waals surface area (Å²) < 4.78 is 17.0. The predicted molar refractivity (Wildman–Crippen MR) is 78.8 cm³/mol. The third kappa shape index (κ3) is 4.60. The zero-order chi connectivity index (χ0) is 13.5. The molecule has 0 radical (unpaired) electrons. The van der Waals surface area contributed by atoms with Crippen LogP contribution in [0.1, 0.15) is 12.0 Å². The lowest BCUT2D eigenvalue weighted by Crippen LogP contribution is -2.38. The van der Waals surface area contributed by atoms with Crippen molar-refractivity contribution in [3.05, 3.63) is 29.8 Å². The normalized spacial score (nSPS) is 17.5. The Hall–Kier alpha value is -0.910. The number of hydrogen-bond acceptors (Lipinski definition) is 4. The van der Waals surface area contributed by atoms with Crippen LogP contribution in [0.3, 0.4) is 0 Å². The number of rotatable bonds is 6. The highest BCUT2D eigenvalue weighted by atomic mass is 32.2. The van der Waals surface area contributed by atoms with Crippen LogP contribution in [0.15, 0.2) is 24.3 Å². The molecule has 0 saturated carbocycles. The number of nitrogens with two attached hydrogens (primary N) is 1. The van der Waals surface area contributed by atoms with Crippen LogP contribution in [-0.2, 0) is 17.3 Å². The molecule has 1 saturated heterocycles. The first-order chi connectivity index (χ1) is 9.29. The van der Waals surface area contributed by atoms with Gasteiger partial charge in [-0.2, -0.15) is 0 Å². The molecule has 5 heteroatoms. The first kappa shape index (κ1) is 14.5. The first-order valence-corrected chi connectivity index (χ1v) is 8.26. The van der Waals surface area contributed by atoms with E-state index in [0.717, 1.165) is 48.9 Å². The summed E-state index contributed by atoms with van der Waals surface area (Å²) in [5, 5.41) is 0. The van der Waals surface area contributed by atoms with Crippen molar-refractivity contribution in [2.45, 2.75) is 13.0 Å². The molecule has 0 bridgehead atoms. The molecule has 1 aliphatic heterocycles.